The Morgan fingerprint density at radius 2 is 2.00 bits per heavy atom. The van der Waals surface area contributed by atoms with E-state index in [1.54, 1.807) is 0 Å². The topological polar surface area (TPSA) is 63.3 Å². The fourth-order valence-electron chi connectivity index (χ4n) is 3.84. The SMILES string of the molecule is CC1CC([N+]2(C)CC(N)CC(CC(=O)O)C2)C1. The van der Waals surface area contributed by atoms with Gasteiger partial charge in [-0.05, 0) is 12.3 Å². The summed E-state index contributed by atoms with van der Waals surface area (Å²) in [7, 11) is 2.27. The third-order valence-corrected chi connectivity index (χ3v) is 4.66. The van der Waals surface area contributed by atoms with Crippen molar-refractivity contribution in [2.45, 2.75) is 44.7 Å². The fraction of sp³-hybridized carbons (Fsp3) is 0.923. The Hall–Kier alpha value is -0.610. The summed E-state index contributed by atoms with van der Waals surface area (Å²) in [6.07, 6.45) is 3.72. The van der Waals surface area contributed by atoms with Crippen molar-refractivity contribution in [1.82, 2.24) is 0 Å². The number of nitrogens with two attached hydrogens (primary N) is 1. The first-order valence-electron chi connectivity index (χ1n) is 6.70. The summed E-state index contributed by atoms with van der Waals surface area (Å²) in [6.45, 7) is 4.31. The molecule has 4 nitrogen and oxygen atoms in total. The van der Waals surface area contributed by atoms with Crippen LogP contribution in [0.15, 0.2) is 0 Å². The molecule has 4 heteroatoms. The Balaban J connectivity index is 1.99. The largest absolute Gasteiger partial charge is 0.481 e. The molecule has 0 radical (unpaired) electrons. The average Bonchev–Trinajstić information content (AvgIpc) is 2.09. The zero-order valence-electron chi connectivity index (χ0n) is 10.9. The van der Waals surface area contributed by atoms with E-state index in [-0.39, 0.29) is 18.4 Å². The van der Waals surface area contributed by atoms with Crippen molar-refractivity contribution in [3.05, 3.63) is 0 Å². The van der Waals surface area contributed by atoms with Gasteiger partial charge >= 0.3 is 5.97 Å². The van der Waals surface area contributed by atoms with Crippen molar-refractivity contribution in [3.8, 4) is 0 Å². The van der Waals surface area contributed by atoms with Gasteiger partial charge in [-0.25, -0.2) is 0 Å². The van der Waals surface area contributed by atoms with E-state index in [1.165, 1.54) is 12.8 Å². The third kappa shape index (κ3) is 2.80. The molecule has 1 saturated carbocycles. The molecule has 98 valence electrons. The summed E-state index contributed by atoms with van der Waals surface area (Å²) in [5.41, 5.74) is 6.12. The number of carbonyl (C=O) groups is 1. The number of carboxylic acids is 1. The molecule has 0 spiro atoms. The number of likely N-dealkylation sites (N-methyl/N-ethyl adjacent to an activating group) is 1. The van der Waals surface area contributed by atoms with Crippen LogP contribution in [0.3, 0.4) is 0 Å². The van der Waals surface area contributed by atoms with Gasteiger partial charge in [0.15, 0.2) is 0 Å². The Morgan fingerprint density at radius 3 is 2.53 bits per heavy atom. The van der Waals surface area contributed by atoms with Gasteiger partial charge in [0, 0.05) is 18.8 Å². The number of likely N-dealkylation sites (tertiary alicyclic amines) is 1. The van der Waals surface area contributed by atoms with E-state index < -0.39 is 5.97 Å². The van der Waals surface area contributed by atoms with Crippen LogP contribution in [-0.2, 0) is 4.79 Å². The van der Waals surface area contributed by atoms with Gasteiger partial charge in [0.2, 0.25) is 0 Å². The van der Waals surface area contributed by atoms with Gasteiger partial charge < -0.3 is 15.3 Å². The van der Waals surface area contributed by atoms with Crippen molar-refractivity contribution in [3.63, 3.8) is 0 Å². The van der Waals surface area contributed by atoms with E-state index in [1.807, 2.05) is 0 Å². The Morgan fingerprint density at radius 1 is 1.35 bits per heavy atom. The zero-order chi connectivity index (χ0) is 12.6. The maximum atomic E-state index is 10.8. The van der Waals surface area contributed by atoms with Crippen LogP contribution in [-0.4, -0.2) is 47.8 Å². The summed E-state index contributed by atoms with van der Waals surface area (Å²) < 4.78 is 1.00. The van der Waals surface area contributed by atoms with Crippen LogP contribution in [0, 0.1) is 11.8 Å². The van der Waals surface area contributed by atoms with Gasteiger partial charge in [0.25, 0.3) is 0 Å². The summed E-state index contributed by atoms with van der Waals surface area (Å²) in [5.74, 6) is 0.417. The van der Waals surface area contributed by atoms with E-state index >= 15 is 0 Å². The molecule has 0 aromatic heterocycles. The number of carboxylic acid groups (broad SMARTS) is 1. The summed E-state index contributed by atoms with van der Waals surface area (Å²) in [6, 6.07) is 0.890. The quantitative estimate of drug-likeness (QED) is 0.726. The van der Waals surface area contributed by atoms with E-state index in [0.717, 1.165) is 29.9 Å². The molecule has 1 aliphatic heterocycles. The van der Waals surface area contributed by atoms with Crippen LogP contribution in [0.1, 0.15) is 32.6 Å². The predicted octanol–water partition coefficient (Wildman–Crippen LogP) is 1.05. The number of quaternary nitrogens is 1. The first kappa shape index (κ1) is 12.8. The molecule has 3 unspecified atom stereocenters. The Kier molecular flexibility index (Phi) is 3.46. The van der Waals surface area contributed by atoms with E-state index in [9.17, 15) is 4.79 Å². The van der Waals surface area contributed by atoms with Gasteiger partial charge in [-0.15, -0.1) is 0 Å². The third-order valence-electron chi connectivity index (χ3n) is 4.66. The van der Waals surface area contributed by atoms with Crippen LogP contribution in [0.5, 0.6) is 0 Å². The summed E-state index contributed by atoms with van der Waals surface area (Å²) in [4.78, 5) is 10.8. The number of hydrogen-bond acceptors (Lipinski definition) is 2. The van der Waals surface area contributed by atoms with Gasteiger partial charge in [0.1, 0.15) is 0 Å². The van der Waals surface area contributed by atoms with E-state index in [2.05, 4.69) is 14.0 Å². The van der Waals surface area contributed by atoms with Crippen molar-refractivity contribution >= 4 is 5.97 Å². The molecule has 0 aromatic carbocycles. The molecular weight excluding hydrogens is 216 g/mol. The van der Waals surface area contributed by atoms with Crippen molar-refractivity contribution < 1.29 is 14.4 Å². The van der Waals surface area contributed by atoms with Gasteiger partial charge in [-0.1, -0.05) is 6.92 Å². The second-order valence-corrected chi connectivity index (χ2v) is 6.53. The highest BCUT2D eigenvalue weighted by Gasteiger charge is 2.46. The second kappa shape index (κ2) is 4.58. The molecule has 2 rings (SSSR count). The van der Waals surface area contributed by atoms with Crippen LogP contribution >= 0.6 is 0 Å². The highest BCUT2D eigenvalue weighted by atomic mass is 16.4. The molecule has 2 aliphatic rings. The minimum absolute atomic E-state index is 0.175. The molecule has 17 heavy (non-hydrogen) atoms. The molecule has 1 aliphatic carbocycles. The molecule has 3 atom stereocenters. The first-order chi connectivity index (χ1) is 7.89. The van der Waals surface area contributed by atoms with Crippen molar-refractivity contribution in [1.29, 1.82) is 0 Å². The Bertz CT molecular complexity index is 302. The molecule has 0 amide bonds. The normalized spacial score (nSPS) is 46.3. The van der Waals surface area contributed by atoms with Crippen LogP contribution < -0.4 is 5.73 Å². The minimum atomic E-state index is -0.683. The molecule has 3 N–H and O–H groups in total. The summed E-state index contributed by atoms with van der Waals surface area (Å²) in [5, 5.41) is 8.93. The number of piperidine rings is 1. The van der Waals surface area contributed by atoms with Crippen LogP contribution in [0.25, 0.3) is 0 Å². The monoisotopic (exact) mass is 241 g/mol. The lowest BCUT2D eigenvalue weighted by Gasteiger charge is -2.53. The molecular formula is C13H25N2O2+. The summed E-state index contributed by atoms with van der Waals surface area (Å²) >= 11 is 0. The van der Waals surface area contributed by atoms with Gasteiger partial charge in [-0.2, -0.15) is 0 Å². The average molecular weight is 241 g/mol. The molecule has 2 fully saturated rings. The van der Waals surface area contributed by atoms with E-state index in [4.69, 9.17) is 10.8 Å². The molecule has 0 bridgehead atoms. The zero-order valence-corrected chi connectivity index (χ0v) is 10.9. The number of hydrogen-bond donors (Lipinski definition) is 2. The van der Waals surface area contributed by atoms with Gasteiger partial charge in [-0.3, -0.25) is 4.79 Å². The van der Waals surface area contributed by atoms with Crippen molar-refractivity contribution in [2.75, 3.05) is 20.1 Å². The highest BCUT2D eigenvalue weighted by Crippen LogP contribution is 2.38. The number of nitrogens with zero attached hydrogens (tertiary/aromatic N) is 1. The minimum Gasteiger partial charge on any atom is -0.481 e. The molecule has 1 saturated heterocycles. The highest BCUT2D eigenvalue weighted by molar-refractivity contribution is 5.67. The van der Waals surface area contributed by atoms with Crippen molar-refractivity contribution in [2.24, 2.45) is 17.6 Å². The maximum absolute atomic E-state index is 10.8. The predicted molar refractivity (Wildman–Crippen MR) is 66.4 cm³/mol. The number of rotatable bonds is 3. The Labute approximate surface area is 103 Å². The van der Waals surface area contributed by atoms with E-state index in [0.29, 0.717) is 6.04 Å². The lowest BCUT2D eigenvalue weighted by molar-refractivity contribution is -0.948. The maximum Gasteiger partial charge on any atom is 0.303 e. The molecule has 1 heterocycles. The van der Waals surface area contributed by atoms with Gasteiger partial charge in [0.05, 0.1) is 38.6 Å². The first-order valence-corrected chi connectivity index (χ1v) is 6.70. The number of aliphatic carboxylic acids is 1. The lowest BCUT2D eigenvalue weighted by atomic mass is 9.77. The van der Waals surface area contributed by atoms with Crippen LogP contribution in [0.4, 0.5) is 0 Å². The smallest absolute Gasteiger partial charge is 0.303 e. The molecule has 0 aromatic rings. The van der Waals surface area contributed by atoms with Crippen LogP contribution in [0.2, 0.25) is 0 Å². The standard InChI is InChI=1S/C13H24N2O2/c1-9-3-12(4-9)15(2)7-10(6-13(16)17)5-11(14)8-15/h9-12H,3-8,14H2,1-2H3/p+1. The lowest BCUT2D eigenvalue weighted by Crippen LogP contribution is -2.65. The fourth-order valence-corrected chi connectivity index (χ4v) is 3.84. The second-order valence-electron chi connectivity index (χ2n) is 6.53.